The van der Waals surface area contributed by atoms with Gasteiger partial charge in [0.15, 0.2) is 11.5 Å². The van der Waals surface area contributed by atoms with Gasteiger partial charge in [-0.1, -0.05) is 6.08 Å². The number of hydrogen-bond donors (Lipinski definition) is 2. The summed E-state index contributed by atoms with van der Waals surface area (Å²) in [5.74, 6) is 2.74. The molecule has 6 heteroatoms. The van der Waals surface area contributed by atoms with Crippen LogP contribution in [0.25, 0.3) is 0 Å². The fraction of sp³-hybridized carbons (Fsp3) is 0.200. The highest BCUT2D eigenvalue weighted by Crippen LogP contribution is 2.33. The van der Waals surface area contributed by atoms with Crippen LogP contribution in [-0.2, 0) is 0 Å². The molecule has 0 amide bonds. The van der Waals surface area contributed by atoms with Gasteiger partial charge in [-0.2, -0.15) is 4.98 Å². The molecule has 0 spiro atoms. The number of anilines is 3. The van der Waals surface area contributed by atoms with Crippen molar-refractivity contribution in [1.82, 2.24) is 9.97 Å². The summed E-state index contributed by atoms with van der Waals surface area (Å²) in [6.07, 6.45) is 3.47. The Balaban J connectivity index is 1.75. The summed E-state index contributed by atoms with van der Waals surface area (Å²) in [6.45, 7) is 5.46. The molecule has 2 aromatic rings. The lowest BCUT2D eigenvalue weighted by Crippen LogP contribution is -2.15. The first-order valence-corrected chi connectivity index (χ1v) is 6.69. The molecular formula is C15H16N4O2. The topological polar surface area (TPSA) is 68.3 Å². The zero-order chi connectivity index (χ0) is 14.5. The van der Waals surface area contributed by atoms with Crippen LogP contribution in [0, 0.1) is 0 Å². The summed E-state index contributed by atoms with van der Waals surface area (Å²) in [4.78, 5) is 8.56. The second-order valence-electron chi connectivity index (χ2n) is 4.42. The van der Waals surface area contributed by atoms with Gasteiger partial charge in [-0.05, 0) is 18.2 Å². The minimum atomic E-state index is 0.515. The van der Waals surface area contributed by atoms with Crippen molar-refractivity contribution in [3.05, 3.63) is 43.1 Å². The summed E-state index contributed by atoms with van der Waals surface area (Å²) in [5, 5.41) is 6.26. The van der Waals surface area contributed by atoms with E-state index >= 15 is 0 Å². The Hall–Kier alpha value is -2.76. The molecule has 3 rings (SSSR count). The minimum Gasteiger partial charge on any atom is -0.486 e. The Morgan fingerprint density at radius 3 is 2.90 bits per heavy atom. The molecule has 2 N–H and O–H groups in total. The highest BCUT2D eigenvalue weighted by Gasteiger charge is 2.12. The van der Waals surface area contributed by atoms with E-state index in [2.05, 4.69) is 27.2 Å². The Morgan fingerprint density at radius 1 is 1.19 bits per heavy atom. The molecular weight excluding hydrogens is 268 g/mol. The van der Waals surface area contributed by atoms with E-state index in [-0.39, 0.29) is 0 Å². The molecule has 21 heavy (non-hydrogen) atoms. The molecule has 0 saturated carbocycles. The Kier molecular flexibility index (Phi) is 3.86. The molecule has 1 aromatic carbocycles. The van der Waals surface area contributed by atoms with Gasteiger partial charge in [0.05, 0.1) is 0 Å². The Morgan fingerprint density at radius 2 is 2.05 bits per heavy atom. The third-order valence-corrected chi connectivity index (χ3v) is 2.88. The van der Waals surface area contributed by atoms with Gasteiger partial charge in [0.1, 0.15) is 19.0 Å². The Labute approximate surface area is 122 Å². The highest BCUT2D eigenvalue weighted by molar-refractivity contribution is 5.60. The van der Waals surface area contributed by atoms with Crippen molar-refractivity contribution < 1.29 is 9.47 Å². The van der Waals surface area contributed by atoms with Crippen molar-refractivity contribution in [3.63, 3.8) is 0 Å². The van der Waals surface area contributed by atoms with Crippen molar-refractivity contribution in [1.29, 1.82) is 0 Å². The number of benzene rings is 1. The van der Waals surface area contributed by atoms with Crippen LogP contribution in [-0.4, -0.2) is 29.7 Å². The van der Waals surface area contributed by atoms with Crippen molar-refractivity contribution in [2.75, 3.05) is 30.4 Å². The summed E-state index contributed by atoms with van der Waals surface area (Å²) < 4.78 is 11.0. The van der Waals surface area contributed by atoms with Crippen LogP contribution in [0.3, 0.4) is 0 Å². The predicted molar refractivity (Wildman–Crippen MR) is 81.4 cm³/mol. The fourth-order valence-corrected chi connectivity index (χ4v) is 1.94. The van der Waals surface area contributed by atoms with E-state index in [1.165, 1.54) is 0 Å². The summed E-state index contributed by atoms with van der Waals surface area (Å²) in [7, 11) is 0. The molecule has 0 aliphatic carbocycles. The van der Waals surface area contributed by atoms with Crippen molar-refractivity contribution in [3.8, 4) is 11.5 Å². The van der Waals surface area contributed by atoms with Gasteiger partial charge in [0.2, 0.25) is 5.95 Å². The molecule has 1 aliphatic heterocycles. The number of hydrogen-bond acceptors (Lipinski definition) is 6. The monoisotopic (exact) mass is 284 g/mol. The number of fused-ring (bicyclic) bond motifs is 1. The van der Waals surface area contributed by atoms with E-state index < -0.39 is 0 Å². The van der Waals surface area contributed by atoms with E-state index in [1.54, 1.807) is 18.3 Å². The third-order valence-electron chi connectivity index (χ3n) is 2.88. The number of ether oxygens (including phenoxy) is 2. The minimum absolute atomic E-state index is 0.515. The van der Waals surface area contributed by atoms with E-state index in [9.17, 15) is 0 Å². The number of aromatic nitrogens is 2. The molecule has 6 nitrogen and oxygen atoms in total. The maximum atomic E-state index is 5.55. The zero-order valence-electron chi connectivity index (χ0n) is 11.5. The lowest BCUT2D eigenvalue weighted by molar-refractivity contribution is 0.171. The summed E-state index contributed by atoms with van der Waals surface area (Å²) in [6, 6.07) is 7.46. The molecule has 0 radical (unpaired) electrons. The molecule has 0 atom stereocenters. The van der Waals surface area contributed by atoms with E-state index in [4.69, 9.17) is 9.47 Å². The van der Waals surface area contributed by atoms with E-state index in [0.717, 1.165) is 23.0 Å². The van der Waals surface area contributed by atoms with Gasteiger partial charge in [0, 0.05) is 24.5 Å². The molecule has 0 unspecified atom stereocenters. The summed E-state index contributed by atoms with van der Waals surface area (Å²) >= 11 is 0. The van der Waals surface area contributed by atoms with Gasteiger partial charge in [-0.3, -0.25) is 0 Å². The van der Waals surface area contributed by atoms with Crippen LogP contribution < -0.4 is 20.1 Å². The largest absolute Gasteiger partial charge is 0.486 e. The van der Waals surface area contributed by atoms with Gasteiger partial charge in [-0.15, -0.1) is 6.58 Å². The van der Waals surface area contributed by atoms with Gasteiger partial charge >= 0.3 is 0 Å². The van der Waals surface area contributed by atoms with Crippen LogP contribution in [0.5, 0.6) is 11.5 Å². The lowest BCUT2D eigenvalue weighted by atomic mass is 10.2. The molecule has 108 valence electrons. The SMILES string of the molecule is C=CCNc1ccnc(Nc2ccc3c(c2)OCCO3)n1. The second kappa shape index (κ2) is 6.13. The normalized spacial score (nSPS) is 12.6. The van der Waals surface area contributed by atoms with Gasteiger partial charge in [0.25, 0.3) is 0 Å². The molecule has 0 fully saturated rings. The molecule has 1 aromatic heterocycles. The first kappa shape index (κ1) is 13.2. The average Bonchev–Trinajstić information content (AvgIpc) is 2.53. The van der Waals surface area contributed by atoms with E-state index in [1.807, 2.05) is 18.2 Å². The first-order valence-electron chi connectivity index (χ1n) is 6.69. The lowest BCUT2D eigenvalue weighted by Gasteiger charge is -2.19. The van der Waals surface area contributed by atoms with Crippen molar-refractivity contribution in [2.24, 2.45) is 0 Å². The number of nitrogens with zero attached hydrogens (tertiary/aromatic N) is 2. The maximum Gasteiger partial charge on any atom is 0.229 e. The van der Waals surface area contributed by atoms with E-state index in [0.29, 0.717) is 25.7 Å². The fourth-order valence-electron chi connectivity index (χ4n) is 1.94. The van der Waals surface area contributed by atoms with Crippen molar-refractivity contribution >= 4 is 17.5 Å². The molecule has 0 bridgehead atoms. The third kappa shape index (κ3) is 3.22. The standard InChI is InChI=1S/C15H16N4O2/c1-2-6-16-14-5-7-17-15(19-14)18-11-3-4-12-13(10-11)21-9-8-20-12/h2-5,7,10H,1,6,8-9H2,(H2,16,17,18,19). The quantitative estimate of drug-likeness (QED) is 0.823. The van der Waals surface area contributed by atoms with Crippen LogP contribution >= 0.6 is 0 Å². The smallest absolute Gasteiger partial charge is 0.229 e. The highest BCUT2D eigenvalue weighted by atomic mass is 16.6. The average molecular weight is 284 g/mol. The number of nitrogens with one attached hydrogen (secondary N) is 2. The van der Waals surface area contributed by atoms with Crippen molar-refractivity contribution in [2.45, 2.75) is 0 Å². The predicted octanol–water partition coefficient (Wildman–Crippen LogP) is 2.59. The van der Waals surface area contributed by atoms with Crippen LogP contribution in [0.1, 0.15) is 0 Å². The second-order valence-corrected chi connectivity index (χ2v) is 4.42. The van der Waals surface area contributed by atoms with Crippen LogP contribution in [0.15, 0.2) is 43.1 Å². The molecule has 1 aliphatic rings. The molecule has 0 saturated heterocycles. The van der Waals surface area contributed by atoms with Crippen LogP contribution in [0.4, 0.5) is 17.5 Å². The molecule has 2 heterocycles. The van der Waals surface area contributed by atoms with Gasteiger partial charge in [-0.25, -0.2) is 4.98 Å². The zero-order valence-corrected chi connectivity index (χ0v) is 11.5. The summed E-state index contributed by atoms with van der Waals surface area (Å²) in [5.41, 5.74) is 0.847. The maximum absolute atomic E-state index is 5.55. The number of rotatable bonds is 5. The van der Waals surface area contributed by atoms with Crippen LogP contribution in [0.2, 0.25) is 0 Å². The first-order chi connectivity index (χ1) is 10.3. The van der Waals surface area contributed by atoms with Gasteiger partial charge < -0.3 is 20.1 Å². The Bertz CT molecular complexity index is 645.